The van der Waals surface area contributed by atoms with E-state index in [0.717, 1.165) is 10.0 Å². The third-order valence-corrected chi connectivity index (χ3v) is 4.47. The maximum absolute atomic E-state index is 10.6. The van der Waals surface area contributed by atoms with E-state index in [1.807, 2.05) is 30.3 Å². The molecule has 0 saturated carbocycles. The van der Waals surface area contributed by atoms with Crippen LogP contribution in [0.2, 0.25) is 0 Å². The molecule has 1 heterocycles. The first-order valence-electron chi connectivity index (χ1n) is 6.04. The van der Waals surface area contributed by atoms with Crippen LogP contribution in [0.1, 0.15) is 0 Å². The van der Waals surface area contributed by atoms with E-state index in [0.29, 0.717) is 10.6 Å². The summed E-state index contributed by atoms with van der Waals surface area (Å²) in [5.74, 6) is 0.550. The van der Waals surface area contributed by atoms with Crippen LogP contribution < -0.4 is 9.25 Å². The van der Waals surface area contributed by atoms with Gasteiger partial charge in [-0.1, -0.05) is 0 Å². The molecule has 21 heavy (non-hydrogen) atoms. The molecule has 3 aromatic rings. The Morgan fingerprint density at radius 2 is 1.76 bits per heavy atom. The molecule has 0 radical (unpaired) electrons. The summed E-state index contributed by atoms with van der Waals surface area (Å²) in [6, 6.07) is 15.9. The van der Waals surface area contributed by atoms with Crippen LogP contribution in [0.4, 0.5) is 5.69 Å². The quantitative estimate of drug-likeness (QED) is 0.404. The molecule has 0 spiro atoms. The van der Waals surface area contributed by atoms with Crippen LogP contribution in [-0.4, -0.2) is 30.0 Å². The zero-order valence-corrected chi connectivity index (χ0v) is 12.4. The van der Waals surface area contributed by atoms with Crippen LogP contribution in [0.5, 0.6) is 0 Å². The van der Waals surface area contributed by atoms with Gasteiger partial charge < -0.3 is 0 Å². The molecule has 0 unspecified atom stereocenters. The summed E-state index contributed by atoms with van der Waals surface area (Å²) in [5, 5.41) is 14.6. The predicted molar refractivity (Wildman–Crippen MR) is 77.9 cm³/mol. The monoisotopic (exact) mass is 347 g/mol. The fraction of sp³-hybridized carbons (Fsp3) is 0. The first kappa shape index (κ1) is 13.5. The zero-order chi connectivity index (χ0) is 14.7. The van der Waals surface area contributed by atoms with Crippen LogP contribution in [0.3, 0.4) is 0 Å². The van der Waals surface area contributed by atoms with Gasteiger partial charge in [0.1, 0.15) is 0 Å². The fourth-order valence-electron chi connectivity index (χ4n) is 1.69. The van der Waals surface area contributed by atoms with Crippen LogP contribution in [0.15, 0.2) is 59.1 Å². The number of non-ortho nitro benzene ring substituents is 1. The van der Waals surface area contributed by atoms with Gasteiger partial charge >= 0.3 is 126 Å². The molecule has 1 aromatic heterocycles. The van der Waals surface area contributed by atoms with Crippen molar-refractivity contribution in [1.29, 1.82) is 0 Å². The van der Waals surface area contributed by atoms with E-state index in [2.05, 4.69) is 10.1 Å². The standard InChI is InChI=1S/C14H9N3O3Se/c18-17(19)11-6-8-12(9-7-11)21-14-15-13(16-20-14)10-4-2-1-3-5-10/h1-9H. The average molecular weight is 346 g/mol. The van der Waals surface area contributed by atoms with Crippen molar-refractivity contribution in [2.45, 2.75) is 0 Å². The Kier molecular flexibility index (Phi) is 3.77. The Bertz CT molecular complexity index is 757. The van der Waals surface area contributed by atoms with Crippen LogP contribution >= 0.6 is 0 Å². The van der Waals surface area contributed by atoms with E-state index in [1.54, 1.807) is 12.1 Å². The summed E-state index contributed by atoms with van der Waals surface area (Å²) >= 11 is -0.171. The number of nitro groups is 1. The van der Waals surface area contributed by atoms with Crippen molar-refractivity contribution < 1.29 is 9.45 Å². The number of benzene rings is 2. The molecule has 0 fully saturated rings. The van der Waals surface area contributed by atoms with Crippen molar-refractivity contribution in [3.8, 4) is 11.4 Å². The topological polar surface area (TPSA) is 82.1 Å². The zero-order valence-electron chi connectivity index (χ0n) is 10.7. The third kappa shape index (κ3) is 3.16. The van der Waals surface area contributed by atoms with Gasteiger partial charge in [0.05, 0.1) is 0 Å². The van der Waals surface area contributed by atoms with Gasteiger partial charge in [-0.2, -0.15) is 0 Å². The van der Waals surface area contributed by atoms with Crippen molar-refractivity contribution >= 4 is 29.9 Å². The van der Waals surface area contributed by atoms with E-state index in [1.165, 1.54) is 12.1 Å². The molecular weight excluding hydrogens is 337 g/mol. The summed E-state index contributed by atoms with van der Waals surface area (Å²) in [5.41, 5.74) is 0.969. The summed E-state index contributed by atoms with van der Waals surface area (Å²) in [4.78, 5) is 15.1. The Hall–Kier alpha value is -2.50. The Morgan fingerprint density at radius 3 is 2.43 bits per heavy atom. The van der Waals surface area contributed by atoms with E-state index in [9.17, 15) is 10.1 Å². The molecular formula is C14H9N3O3Se. The molecule has 3 rings (SSSR count). The molecule has 0 atom stereocenters. The fourth-order valence-corrected chi connectivity index (χ4v) is 3.12. The molecule has 0 amide bonds. The Labute approximate surface area is 126 Å². The first-order valence-corrected chi connectivity index (χ1v) is 7.75. The molecule has 0 bridgehead atoms. The van der Waals surface area contributed by atoms with E-state index >= 15 is 0 Å². The van der Waals surface area contributed by atoms with Crippen molar-refractivity contribution in [3.63, 3.8) is 0 Å². The number of hydrogen-bond donors (Lipinski definition) is 0. The second-order valence-electron chi connectivity index (χ2n) is 4.10. The molecule has 7 heteroatoms. The molecule has 0 saturated heterocycles. The third-order valence-electron chi connectivity index (χ3n) is 2.69. The van der Waals surface area contributed by atoms with E-state index in [4.69, 9.17) is 4.52 Å². The number of rotatable bonds is 4. The van der Waals surface area contributed by atoms with E-state index in [-0.39, 0.29) is 20.6 Å². The summed E-state index contributed by atoms with van der Waals surface area (Å²) in [6.45, 7) is 0. The van der Waals surface area contributed by atoms with Crippen molar-refractivity contribution in [2.75, 3.05) is 0 Å². The molecule has 0 aliphatic rings. The summed E-state index contributed by atoms with van der Waals surface area (Å²) in [6.07, 6.45) is 0. The molecule has 0 aliphatic carbocycles. The Morgan fingerprint density at radius 1 is 1.05 bits per heavy atom. The number of nitro benzene ring substituents is 1. The SMILES string of the molecule is O=[N+]([O-])c1ccc([Se]c2nc(-c3ccccc3)no2)cc1. The molecule has 104 valence electrons. The van der Waals surface area contributed by atoms with Crippen molar-refractivity contribution in [2.24, 2.45) is 0 Å². The minimum atomic E-state index is -0.420. The summed E-state index contributed by atoms with van der Waals surface area (Å²) in [7, 11) is 0. The maximum atomic E-state index is 10.6. The molecule has 0 N–H and O–H groups in total. The second-order valence-corrected chi connectivity index (χ2v) is 6.25. The van der Waals surface area contributed by atoms with Crippen molar-refractivity contribution in [1.82, 2.24) is 10.1 Å². The average Bonchev–Trinajstić information content (AvgIpc) is 2.97. The van der Waals surface area contributed by atoms with Gasteiger partial charge in [-0.05, 0) is 0 Å². The van der Waals surface area contributed by atoms with Gasteiger partial charge in [0.25, 0.3) is 0 Å². The predicted octanol–water partition coefficient (Wildman–Crippen LogP) is 1.30. The van der Waals surface area contributed by atoms with Gasteiger partial charge in [-0.3, -0.25) is 0 Å². The van der Waals surface area contributed by atoms with Gasteiger partial charge in [-0.25, -0.2) is 0 Å². The van der Waals surface area contributed by atoms with Crippen LogP contribution in [0.25, 0.3) is 11.4 Å². The molecule has 2 aromatic carbocycles. The Balaban J connectivity index is 1.77. The van der Waals surface area contributed by atoms with Gasteiger partial charge in [-0.15, -0.1) is 0 Å². The van der Waals surface area contributed by atoms with E-state index < -0.39 is 4.92 Å². The molecule has 6 nitrogen and oxygen atoms in total. The van der Waals surface area contributed by atoms with Gasteiger partial charge in [0.2, 0.25) is 0 Å². The number of nitrogens with zero attached hydrogens (tertiary/aromatic N) is 3. The number of hydrogen-bond acceptors (Lipinski definition) is 5. The molecule has 0 aliphatic heterocycles. The van der Waals surface area contributed by atoms with Crippen LogP contribution in [-0.2, 0) is 0 Å². The summed E-state index contributed by atoms with van der Waals surface area (Å²) < 4.78 is 6.17. The first-order chi connectivity index (χ1) is 10.2. The van der Waals surface area contributed by atoms with Gasteiger partial charge in [0, 0.05) is 0 Å². The van der Waals surface area contributed by atoms with Gasteiger partial charge in [0.15, 0.2) is 0 Å². The number of aromatic nitrogens is 2. The normalized spacial score (nSPS) is 10.5. The van der Waals surface area contributed by atoms with Crippen molar-refractivity contribution in [3.05, 3.63) is 64.7 Å². The second kappa shape index (κ2) is 5.87. The van der Waals surface area contributed by atoms with Crippen LogP contribution in [0, 0.1) is 10.1 Å². The minimum absolute atomic E-state index is 0.0741.